The number of hydrogen-bond acceptors (Lipinski definition) is 5. The molecule has 2 N–H and O–H groups in total. The molecule has 1 atom stereocenters. The van der Waals surface area contributed by atoms with Crippen molar-refractivity contribution in [3.05, 3.63) is 50.3 Å². The van der Waals surface area contributed by atoms with E-state index >= 15 is 0 Å². The van der Waals surface area contributed by atoms with E-state index in [-0.39, 0.29) is 16.6 Å². The van der Waals surface area contributed by atoms with E-state index in [1.807, 2.05) is 18.5 Å². The lowest BCUT2D eigenvalue weighted by molar-refractivity contribution is 0.0386. The first kappa shape index (κ1) is 21.3. The lowest BCUT2D eigenvalue weighted by Gasteiger charge is -2.38. The van der Waals surface area contributed by atoms with E-state index in [0.717, 1.165) is 62.3 Å². The molecule has 1 fully saturated rings. The summed E-state index contributed by atoms with van der Waals surface area (Å²) in [4.78, 5) is 25.8. The first-order valence-corrected chi connectivity index (χ1v) is 11.7. The van der Waals surface area contributed by atoms with E-state index in [4.69, 9.17) is 4.74 Å². The monoisotopic (exact) mass is 428 g/mol. The fourth-order valence-electron chi connectivity index (χ4n) is 4.59. The van der Waals surface area contributed by atoms with Gasteiger partial charge in [0.1, 0.15) is 0 Å². The van der Waals surface area contributed by atoms with Crippen molar-refractivity contribution in [2.75, 3.05) is 26.3 Å². The van der Waals surface area contributed by atoms with Crippen molar-refractivity contribution in [1.29, 1.82) is 0 Å². The fourth-order valence-corrected chi connectivity index (χ4v) is 5.53. The zero-order valence-electron chi connectivity index (χ0n) is 18.4. The number of imidazole rings is 1. The van der Waals surface area contributed by atoms with Gasteiger partial charge < -0.3 is 14.7 Å². The Labute approximate surface area is 181 Å². The molecule has 0 saturated carbocycles. The number of nitrogens with one attached hydrogen (secondary N) is 2. The van der Waals surface area contributed by atoms with Crippen LogP contribution in [0.4, 0.5) is 0 Å². The number of aryl methyl sites for hydroxylation is 2. The Bertz CT molecular complexity index is 1050. The summed E-state index contributed by atoms with van der Waals surface area (Å²) in [5.74, 6) is 0. The van der Waals surface area contributed by atoms with Crippen LogP contribution in [0.2, 0.25) is 0 Å². The van der Waals surface area contributed by atoms with Gasteiger partial charge in [-0.2, -0.15) is 0 Å². The van der Waals surface area contributed by atoms with Crippen LogP contribution in [0.25, 0.3) is 11.0 Å². The first-order valence-electron chi connectivity index (χ1n) is 10.8. The van der Waals surface area contributed by atoms with Gasteiger partial charge in [-0.25, -0.2) is 4.79 Å². The molecule has 1 aliphatic heterocycles. The molecule has 162 valence electrons. The molecule has 0 bridgehead atoms. The van der Waals surface area contributed by atoms with Crippen molar-refractivity contribution < 1.29 is 4.74 Å². The maximum absolute atomic E-state index is 11.6. The maximum atomic E-state index is 11.6. The summed E-state index contributed by atoms with van der Waals surface area (Å²) in [6.07, 6.45) is 5.14. The molecular weight excluding hydrogens is 396 g/mol. The molecule has 4 rings (SSSR count). The number of H-pyrrole nitrogens is 2. The van der Waals surface area contributed by atoms with Gasteiger partial charge in [0.2, 0.25) is 0 Å². The molecule has 1 saturated heterocycles. The van der Waals surface area contributed by atoms with Crippen molar-refractivity contribution in [2.45, 2.75) is 52.5 Å². The predicted molar refractivity (Wildman–Crippen MR) is 122 cm³/mol. The third-order valence-corrected chi connectivity index (χ3v) is 7.74. The standard InChI is InChI=1S/C23H32N4O2S/c1-5-29-15-23(9-8-19-20-18(13-30-19)25-21(28)26-20)10-11-27(14-23)22(3,4)17-7-6-16(2)24-12-17/h6-7,12-13H,5,8-11,14-15H2,1-4H3,(H2,25,26,28)/t23-/m1/s1. The van der Waals surface area contributed by atoms with Crippen molar-refractivity contribution >= 4 is 22.4 Å². The molecule has 4 heterocycles. The van der Waals surface area contributed by atoms with Crippen LogP contribution in [-0.4, -0.2) is 46.2 Å². The second-order valence-electron chi connectivity index (χ2n) is 9.08. The predicted octanol–water partition coefficient (Wildman–Crippen LogP) is 4.22. The number of ether oxygens (including phenoxy) is 1. The number of likely N-dealkylation sites (tertiary alicyclic amines) is 1. The second kappa shape index (κ2) is 8.29. The smallest absolute Gasteiger partial charge is 0.323 e. The minimum absolute atomic E-state index is 0.0727. The van der Waals surface area contributed by atoms with E-state index < -0.39 is 0 Å². The number of nitrogens with zero attached hydrogens (tertiary/aromatic N) is 2. The van der Waals surface area contributed by atoms with Crippen LogP contribution in [0.5, 0.6) is 0 Å². The maximum Gasteiger partial charge on any atom is 0.323 e. The summed E-state index contributed by atoms with van der Waals surface area (Å²) in [5, 5.41) is 2.03. The summed E-state index contributed by atoms with van der Waals surface area (Å²) >= 11 is 1.72. The summed E-state index contributed by atoms with van der Waals surface area (Å²) in [6, 6.07) is 4.30. The Morgan fingerprint density at radius 1 is 1.33 bits per heavy atom. The Hall–Kier alpha value is -1.96. The molecule has 6 nitrogen and oxygen atoms in total. The highest BCUT2D eigenvalue weighted by molar-refractivity contribution is 7.11. The zero-order valence-corrected chi connectivity index (χ0v) is 19.2. The Kier molecular flexibility index (Phi) is 5.88. The van der Waals surface area contributed by atoms with Gasteiger partial charge in [0, 0.05) is 46.3 Å². The number of aromatic amines is 2. The van der Waals surface area contributed by atoms with Crippen molar-refractivity contribution in [1.82, 2.24) is 19.9 Å². The van der Waals surface area contributed by atoms with Gasteiger partial charge >= 0.3 is 5.69 Å². The number of rotatable bonds is 8. The van der Waals surface area contributed by atoms with Crippen molar-refractivity contribution in [3.63, 3.8) is 0 Å². The lowest BCUT2D eigenvalue weighted by Crippen LogP contribution is -2.42. The molecule has 30 heavy (non-hydrogen) atoms. The first-order chi connectivity index (χ1) is 14.3. The normalized spacial score (nSPS) is 20.4. The summed E-state index contributed by atoms with van der Waals surface area (Å²) < 4.78 is 5.97. The van der Waals surface area contributed by atoms with Crippen LogP contribution in [0.1, 0.15) is 49.7 Å². The van der Waals surface area contributed by atoms with Crippen molar-refractivity contribution in [3.8, 4) is 0 Å². The Morgan fingerprint density at radius 2 is 2.17 bits per heavy atom. The highest BCUT2D eigenvalue weighted by atomic mass is 32.1. The summed E-state index contributed by atoms with van der Waals surface area (Å²) in [5.41, 5.74) is 4.11. The van der Waals surface area contributed by atoms with E-state index in [1.54, 1.807) is 11.3 Å². The van der Waals surface area contributed by atoms with Gasteiger partial charge in [-0.3, -0.25) is 9.88 Å². The van der Waals surface area contributed by atoms with Crippen LogP contribution in [-0.2, 0) is 16.7 Å². The molecule has 0 spiro atoms. The van der Waals surface area contributed by atoms with Gasteiger partial charge in [0.15, 0.2) is 0 Å². The molecule has 0 radical (unpaired) electrons. The van der Waals surface area contributed by atoms with Crippen LogP contribution in [0, 0.1) is 12.3 Å². The van der Waals surface area contributed by atoms with Crippen LogP contribution >= 0.6 is 11.3 Å². The number of fused-ring (bicyclic) bond motifs is 1. The fraction of sp³-hybridized carbons (Fsp3) is 0.565. The third kappa shape index (κ3) is 4.11. The third-order valence-electron chi connectivity index (χ3n) is 6.70. The molecule has 0 unspecified atom stereocenters. The molecule has 0 aromatic carbocycles. The molecule has 0 amide bonds. The van der Waals surface area contributed by atoms with Crippen LogP contribution in [0.15, 0.2) is 28.5 Å². The van der Waals surface area contributed by atoms with Crippen LogP contribution in [0.3, 0.4) is 0 Å². The number of hydrogen-bond donors (Lipinski definition) is 2. The average molecular weight is 429 g/mol. The lowest BCUT2D eigenvalue weighted by atomic mass is 9.82. The van der Waals surface area contributed by atoms with Crippen molar-refractivity contribution in [2.24, 2.45) is 5.41 Å². The van der Waals surface area contributed by atoms with Crippen LogP contribution < -0.4 is 5.69 Å². The van der Waals surface area contributed by atoms with E-state index in [1.165, 1.54) is 10.4 Å². The summed E-state index contributed by atoms with van der Waals surface area (Å²) in [6.45, 7) is 12.3. The van der Waals surface area contributed by atoms with E-state index in [2.05, 4.69) is 52.8 Å². The Balaban J connectivity index is 1.52. The second-order valence-corrected chi connectivity index (χ2v) is 10.0. The quantitative estimate of drug-likeness (QED) is 0.563. The highest BCUT2D eigenvalue weighted by Gasteiger charge is 2.43. The van der Waals surface area contributed by atoms with Gasteiger partial charge in [-0.15, -0.1) is 11.3 Å². The molecule has 3 aromatic heterocycles. The Morgan fingerprint density at radius 3 is 2.90 bits per heavy atom. The molecule has 1 aliphatic rings. The topological polar surface area (TPSA) is 74.0 Å². The number of pyridine rings is 1. The van der Waals surface area contributed by atoms with Gasteiger partial charge in [-0.05, 0) is 65.1 Å². The van der Waals surface area contributed by atoms with Gasteiger partial charge in [0.25, 0.3) is 0 Å². The number of thiophene rings is 1. The molecular formula is C23H32N4O2S. The minimum atomic E-state index is -0.126. The van der Waals surface area contributed by atoms with E-state index in [9.17, 15) is 4.79 Å². The zero-order chi connectivity index (χ0) is 21.4. The largest absolute Gasteiger partial charge is 0.381 e. The van der Waals surface area contributed by atoms with Gasteiger partial charge in [-0.1, -0.05) is 6.07 Å². The molecule has 7 heteroatoms. The van der Waals surface area contributed by atoms with E-state index in [0.29, 0.717) is 0 Å². The highest BCUT2D eigenvalue weighted by Crippen LogP contribution is 2.42. The average Bonchev–Trinajstić information content (AvgIpc) is 3.40. The van der Waals surface area contributed by atoms with Gasteiger partial charge in [0.05, 0.1) is 17.6 Å². The minimum Gasteiger partial charge on any atom is -0.381 e. The SMILES string of the molecule is CCOC[C@]1(CCc2scc3[nH]c(=O)[nH]c23)CCN(C(C)(C)c2ccc(C)nc2)C1. The molecule has 0 aliphatic carbocycles. The number of aromatic nitrogens is 3. The molecule has 3 aromatic rings. The summed E-state index contributed by atoms with van der Waals surface area (Å²) in [7, 11) is 0.